The number of carbonyl (C=O) groups is 2. The number of nitrogens with zero attached hydrogens (tertiary/aromatic N) is 1. The van der Waals surface area contributed by atoms with Crippen molar-refractivity contribution in [1.29, 1.82) is 0 Å². The minimum absolute atomic E-state index is 0.105. The van der Waals surface area contributed by atoms with Crippen molar-refractivity contribution in [3.8, 4) is 0 Å². The van der Waals surface area contributed by atoms with Crippen LogP contribution in [0.5, 0.6) is 0 Å². The topological polar surface area (TPSA) is 49.4 Å². The van der Waals surface area contributed by atoms with E-state index in [1.807, 2.05) is 0 Å². The fourth-order valence-corrected chi connectivity index (χ4v) is 2.47. The van der Waals surface area contributed by atoms with Gasteiger partial charge >= 0.3 is 0 Å². The highest BCUT2D eigenvalue weighted by Crippen LogP contribution is 2.34. The van der Waals surface area contributed by atoms with Gasteiger partial charge in [0.25, 0.3) is 5.76 Å². The van der Waals surface area contributed by atoms with Crippen LogP contribution in [-0.4, -0.2) is 30.7 Å². The zero-order chi connectivity index (χ0) is 13.8. The van der Waals surface area contributed by atoms with E-state index in [9.17, 15) is 18.4 Å². The monoisotopic (exact) mass is 286 g/mol. The highest BCUT2D eigenvalue weighted by Gasteiger charge is 2.24. The molecule has 0 bridgehead atoms. The Morgan fingerprint density at radius 1 is 1.26 bits per heavy atom. The van der Waals surface area contributed by atoms with Crippen LogP contribution in [-0.2, 0) is 9.59 Å². The van der Waals surface area contributed by atoms with Gasteiger partial charge in [-0.25, -0.2) is 0 Å². The first-order valence-electron chi connectivity index (χ1n) is 5.69. The summed E-state index contributed by atoms with van der Waals surface area (Å²) in [5.41, 5.74) is 0.425. The Labute approximate surface area is 113 Å². The summed E-state index contributed by atoms with van der Waals surface area (Å²) < 4.78 is 25.0. The lowest BCUT2D eigenvalue weighted by Gasteiger charge is -2.22. The average molecular weight is 286 g/mol. The number of hydrogen-bond donors (Lipinski definition) is 1. The molecule has 0 saturated carbocycles. The Kier molecular flexibility index (Phi) is 4.36. The quantitative estimate of drug-likeness (QED) is 0.863. The van der Waals surface area contributed by atoms with Crippen LogP contribution >= 0.6 is 11.8 Å². The molecule has 1 aliphatic rings. The van der Waals surface area contributed by atoms with Crippen molar-refractivity contribution in [2.75, 3.05) is 18.0 Å². The second kappa shape index (κ2) is 6.01. The van der Waals surface area contributed by atoms with Crippen molar-refractivity contribution < 1.29 is 18.4 Å². The van der Waals surface area contributed by atoms with Crippen molar-refractivity contribution in [1.82, 2.24) is 5.32 Å². The molecular formula is C12H12F2N2O2S. The molecule has 102 valence electrons. The van der Waals surface area contributed by atoms with Crippen LogP contribution in [0.2, 0.25) is 0 Å². The maximum absolute atomic E-state index is 12.5. The number of thioether (sulfide) groups is 1. The number of anilines is 1. The molecule has 1 aromatic carbocycles. The summed E-state index contributed by atoms with van der Waals surface area (Å²) in [7, 11) is 0. The first kappa shape index (κ1) is 13.8. The summed E-state index contributed by atoms with van der Waals surface area (Å²) in [6.45, 7) is 0.0952. The largest absolute Gasteiger partial charge is 0.347 e. The molecule has 0 spiro atoms. The van der Waals surface area contributed by atoms with Gasteiger partial charge in [-0.3, -0.25) is 9.59 Å². The van der Waals surface area contributed by atoms with Gasteiger partial charge in [-0.05, 0) is 12.1 Å². The summed E-state index contributed by atoms with van der Waals surface area (Å²) in [6, 6.07) is 6.47. The second-order valence-corrected chi connectivity index (χ2v) is 4.95. The van der Waals surface area contributed by atoms with Crippen LogP contribution in [0.3, 0.4) is 0 Å². The van der Waals surface area contributed by atoms with Crippen molar-refractivity contribution in [2.24, 2.45) is 0 Å². The lowest BCUT2D eigenvalue weighted by Crippen LogP contribution is -2.35. The lowest BCUT2D eigenvalue weighted by molar-refractivity contribution is -0.123. The van der Waals surface area contributed by atoms with Gasteiger partial charge in [-0.1, -0.05) is 23.9 Å². The van der Waals surface area contributed by atoms with E-state index in [1.54, 1.807) is 24.3 Å². The summed E-state index contributed by atoms with van der Waals surface area (Å²) in [6.07, 6.45) is 0.166. The highest BCUT2D eigenvalue weighted by molar-refractivity contribution is 7.99. The zero-order valence-electron chi connectivity index (χ0n) is 9.94. The molecule has 2 rings (SSSR count). The predicted octanol–water partition coefficient (Wildman–Crippen LogP) is 1.85. The molecule has 1 saturated heterocycles. The van der Waals surface area contributed by atoms with Gasteiger partial charge in [0.1, 0.15) is 0 Å². The van der Waals surface area contributed by atoms with E-state index in [-0.39, 0.29) is 31.3 Å². The maximum Gasteiger partial charge on any atom is 0.288 e. The van der Waals surface area contributed by atoms with E-state index in [0.29, 0.717) is 22.3 Å². The Morgan fingerprint density at radius 2 is 2.00 bits per heavy atom. The molecule has 1 heterocycles. The van der Waals surface area contributed by atoms with Crippen LogP contribution < -0.4 is 10.2 Å². The molecule has 1 N–H and O–H groups in total. The lowest BCUT2D eigenvalue weighted by atomic mass is 10.2. The van der Waals surface area contributed by atoms with Crippen LogP contribution in [0, 0.1) is 0 Å². The summed E-state index contributed by atoms with van der Waals surface area (Å²) >= 11 is 0.396. The first-order valence-corrected chi connectivity index (χ1v) is 6.57. The van der Waals surface area contributed by atoms with E-state index < -0.39 is 5.76 Å². The molecule has 0 aliphatic carbocycles. The van der Waals surface area contributed by atoms with Crippen LogP contribution in [0.1, 0.15) is 6.42 Å². The molecular weight excluding hydrogens is 274 g/mol. The number of para-hydroxylation sites is 1. The SMILES string of the molecule is O=C1CCN(c2ccccc2SC(F)F)C(=O)CN1. The Morgan fingerprint density at radius 3 is 2.74 bits per heavy atom. The van der Waals surface area contributed by atoms with E-state index in [1.165, 1.54) is 4.90 Å². The number of halogens is 2. The summed E-state index contributed by atoms with van der Waals surface area (Å²) in [5.74, 6) is -3.06. The molecule has 7 heteroatoms. The van der Waals surface area contributed by atoms with Crippen LogP contribution in [0.4, 0.5) is 14.5 Å². The Bertz CT molecular complexity index is 496. The standard InChI is InChI=1S/C12H12F2N2O2S/c13-12(14)19-9-4-2-1-3-8(9)16-6-5-10(17)15-7-11(16)18/h1-4,12H,5-7H2,(H,15,17). The van der Waals surface area contributed by atoms with Crippen molar-refractivity contribution in [3.05, 3.63) is 24.3 Å². The molecule has 1 fully saturated rings. The van der Waals surface area contributed by atoms with Gasteiger partial charge in [-0.15, -0.1) is 0 Å². The number of rotatable bonds is 3. The second-order valence-electron chi connectivity index (χ2n) is 3.92. The van der Waals surface area contributed by atoms with Crippen LogP contribution in [0.15, 0.2) is 29.2 Å². The Balaban J connectivity index is 2.29. The molecule has 19 heavy (non-hydrogen) atoms. The predicted molar refractivity (Wildman–Crippen MR) is 68.3 cm³/mol. The van der Waals surface area contributed by atoms with E-state index >= 15 is 0 Å². The van der Waals surface area contributed by atoms with Gasteiger partial charge < -0.3 is 10.2 Å². The smallest absolute Gasteiger partial charge is 0.288 e. The molecule has 2 amide bonds. The molecule has 0 aromatic heterocycles. The van der Waals surface area contributed by atoms with Gasteiger partial charge in [0.05, 0.1) is 12.2 Å². The number of benzene rings is 1. The fourth-order valence-electron chi connectivity index (χ4n) is 1.83. The zero-order valence-corrected chi connectivity index (χ0v) is 10.8. The third-order valence-electron chi connectivity index (χ3n) is 2.67. The number of nitrogens with one attached hydrogen (secondary N) is 1. The highest BCUT2D eigenvalue weighted by atomic mass is 32.2. The summed E-state index contributed by atoms with van der Waals surface area (Å²) in [4.78, 5) is 24.9. The van der Waals surface area contributed by atoms with Gasteiger partial charge in [0, 0.05) is 17.9 Å². The molecule has 1 aromatic rings. The van der Waals surface area contributed by atoms with Crippen molar-refractivity contribution in [2.45, 2.75) is 17.1 Å². The molecule has 4 nitrogen and oxygen atoms in total. The maximum atomic E-state index is 12.5. The average Bonchev–Trinajstić information content (AvgIpc) is 2.52. The minimum atomic E-state index is -2.55. The van der Waals surface area contributed by atoms with E-state index in [4.69, 9.17) is 0 Å². The fraction of sp³-hybridized carbons (Fsp3) is 0.333. The molecule has 0 radical (unpaired) electrons. The number of alkyl halides is 2. The van der Waals surface area contributed by atoms with Gasteiger partial charge in [0.15, 0.2) is 0 Å². The third-order valence-corrected chi connectivity index (χ3v) is 3.45. The normalized spacial score (nSPS) is 16.5. The van der Waals surface area contributed by atoms with Gasteiger partial charge in [0.2, 0.25) is 11.8 Å². The number of carbonyl (C=O) groups excluding carboxylic acids is 2. The van der Waals surface area contributed by atoms with Gasteiger partial charge in [-0.2, -0.15) is 8.78 Å². The van der Waals surface area contributed by atoms with Crippen molar-refractivity contribution in [3.63, 3.8) is 0 Å². The number of hydrogen-bond acceptors (Lipinski definition) is 3. The van der Waals surface area contributed by atoms with Crippen LogP contribution in [0.25, 0.3) is 0 Å². The summed E-state index contributed by atoms with van der Waals surface area (Å²) in [5, 5.41) is 2.47. The first-order chi connectivity index (χ1) is 9.08. The minimum Gasteiger partial charge on any atom is -0.347 e. The third kappa shape index (κ3) is 3.44. The number of amides is 2. The molecule has 1 aliphatic heterocycles. The Hall–Kier alpha value is -1.63. The van der Waals surface area contributed by atoms with Crippen molar-refractivity contribution >= 4 is 29.3 Å². The molecule has 0 unspecified atom stereocenters. The molecule has 0 atom stereocenters. The van der Waals surface area contributed by atoms with E-state index in [0.717, 1.165) is 0 Å². The van der Waals surface area contributed by atoms with E-state index in [2.05, 4.69) is 5.32 Å².